The Morgan fingerprint density at radius 1 is 1.08 bits per heavy atom. The summed E-state index contributed by atoms with van der Waals surface area (Å²) in [5, 5.41) is 6.26. The molecule has 1 fully saturated rings. The molecule has 1 saturated heterocycles. The van der Waals surface area contributed by atoms with Gasteiger partial charge in [-0.05, 0) is 55.9 Å². The predicted octanol–water partition coefficient (Wildman–Crippen LogP) is 6.10. The Balaban J connectivity index is 1.56. The third kappa shape index (κ3) is 9.53. The van der Waals surface area contributed by atoms with Gasteiger partial charge in [-0.2, -0.15) is 0 Å². The first-order chi connectivity index (χ1) is 24.7. The van der Waals surface area contributed by atoms with Crippen molar-refractivity contribution in [3.8, 4) is 17.0 Å². The molecule has 3 heterocycles. The van der Waals surface area contributed by atoms with Crippen LogP contribution in [0.25, 0.3) is 22.2 Å². The average molecular weight is 696 g/mol. The van der Waals surface area contributed by atoms with E-state index in [-0.39, 0.29) is 25.3 Å². The zero-order valence-corrected chi connectivity index (χ0v) is 29.6. The second-order valence-electron chi connectivity index (χ2n) is 13.3. The minimum absolute atomic E-state index is 0.0660. The lowest BCUT2D eigenvalue weighted by Crippen LogP contribution is -2.54. The summed E-state index contributed by atoms with van der Waals surface area (Å²) in [5.41, 5.74) is 9.50. The first-order valence-corrected chi connectivity index (χ1v) is 18.0. The molecule has 4 N–H and O–H groups in total. The fourth-order valence-corrected chi connectivity index (χ4v) is 6.65. The molecule has 4 bridgehead atoms. The van der Waals surface area contributed by atoms with Gasteiger partial charge in [-0.25, -0.2) is 9.78 Å². The number of aryl methyl sites for hydroxylation is 1. The summed E-state index contributed by atoms with van der Waals surface area (Å²) in [6.07, 6.45) is 7.73. The average Bonchev–Trinajstić information content (AvgIpc) is 3.56. The molecule has 11 heteroatoms. The Morgan fingerprint density at radius 3 is 2.59 bits per heavy atom. The molecule has 3 aromatic rings. The lowest BCUT2D eigenvalue weighted by molar-refractivity contribution is -0.140. The molecule has 270 valence electrons. The van der Waals surface area contributed by atoms with E-state index < -0.39 is 42.0 Å². The highest BCUT2D eigenvalue weighted by Gasteiger charge is 2.43. The molecule has 2 aliphatic heterocycles. The van der Waals surface area contributed by atoms with Crippen molar-refractivity contribution < 1.29 is 28.7 Å². The SMILES string of the molecule is C=C/C(C)=C(\NC(=O)C1C[C@@H]2CN1C(=O)[C@H](CCCC)NC(=O)OCCCCCCCc1ccc3nc(-c4ccccc4)cc(c3c1)O2)C(N)=O. The van der Waals surface area contributed by atoms with Crippen LogP contribution >= 0.6 is 0 Å². The number of alkyl carbamates (subject to hydrolysis) is 1. The van der Waals surface area contributed by atoms with Crippen molar-refractivity contribution in [2.75, 3.05) is 13.2 Å². The minimum Gasteiger partial charge on any atom is -0.488 e. The van der Waals surface area contributed by atoms with E-state index in [4.69, 9.17) is 20.2 Å². The van der Waals surface area contributed by atoms with Crippen molar-refractivity contribution in [2.45, 2.75) is 96.2 Å². The number of hydrogen-bond donors (Lipinski definition) is 3. The van der Waals surface area contributed by atoms with Crippen LogP contribution < -0.4 is 21.1 Å². The Bertz CT molecular complexity index is 1770. The fraction of sp³-hybridized carbons (Fsp3) is 0.425. The third-order valence-electron chi connectivity index (χ3n) is 9.52. The van der Waals surface area contributed by atoms with Crippen molar-refractivity contribution >= 4 is 34.7 Å². The Kier molecular flexibility index (Phi) is 12.8. The number of carbonyl (C=O) groups excluding carboxylic acids is 4. The van der Waals surface area contributed by atoms with Gasteiger partial charge in [0, 0.05) is 23.4 Å². The van der Waals surface area contributed by atoms with Crippen LogP contribution in [0.3, 0.4) is 0 Å². The number of nitrogens with one attached hydrogen (secondary N) is 2. The molecule has 1 aromatic heterocycles. The summed E-state index contributed by atoms with van der Waals surface area (Å²) in [5.74, 6) is -1.26. The first-order valence-electron chi connectivity index (χ1n) is 18.0. The number of nitrogens with zero attached hydrogens (tertiary/aromatic N) is 2. The maximum atomic E-state index is 14.3. The van der Waals surface area contributed by atoms with Crippen LogP contribution in [0.2, 0.25) is 0 Å². The predicted molar refractivity (Wildman–Crippen MR) is 197 cm³/mol. The van der Waals surface area contributed by atoms with Gasteiger partial charge < -0.3 is 30.7 Å². The molecule has 0 spiro atoms. The summed E-state index contributed by atoms with van der Waals surface area (Å²) in [6.45, 7) is 7.62. The summed E-state index contributed by atoms with van der Waals surface area (Å²) < 4.78 is 12.2. The smallest absolute Gasteiger partial charge is 0.407 e. The van der Waals surface area contributed by atoms with E-state index in [0.717, 1.165) is 67.1 Å². The summed E-state index contributed by atoms with van der Waals surface area (Å²) in [7, 11) is 0. The number of rotatable bonds is 8. The molecule has 2 aromatic carbocycles. The van der Waals surface area contributed by atoms with Gasteiger partial charge in [-0.15, -0.1) is 0 Å². The Hall–Kier alpha value is -5.19. The molecule has 51 heavy (non-hydrogen) atoms. The standard InChI is InChI=1S/C40H49N5O6/c1-4-6-18-32-39(48)45-25-29(23-34(45)38(47)44-36(37(41)46)26(3)5-2)51-35-24-33(28-16-12-10-13-17-28)42-31-20-19-27(22-30(31)35)15-11-8-7-9-14-21-50-40(49)43-32/h5,10,12-13,16-17,19-20,22,24,29,32,34H,2,4,6-9,11,14-15,18,21,23,25H2,1,3H3,(H2,41,46)(H,43,49)(H,44,47)/b36-26-/t29-,32+,34?/m1/s1. The van der Waals surface area contributed by atoms with E-state index in [0.29, 0.717) is 24.2 Å². The normalized spacial score (nSPS) is 20.8. The number of primary amides is 1. The van der Waals surface area contributed by atoms with Gasteiger partial charge in [0.1, 0.15) is 29.6 Å². The van der Waals surface area contributed by atoms with Crippen molar-refractivity contribution in [2.24, 2.45) is 5.73 Å². The van der Waals surface area contributed by atoms with Gasteiger partial charge in [0.25, 0.3) is 5.91 Å². The second kappa shape index (κ2) is 17.6. The number of ether oxygens (including phenoxy) is 2. The lowest BCUT2D eigenvalue weighted by atomic mass is 10.0. The molecule has 0 aliphatic carbocycles. The van der Waals surface area contributed by atoms with E-state index in [2.05, 4.69) is 29.3 Å². The molecule has 4 amide bonds. The van der Waals surface area contributed by atoms with Crippen LogP contribution in [0.1, 0.15) is 77.2 Å². The Labute approximate surface area is 299 Å². The summed E-state index contributed by atoms with van der Waals surface area (Å²) in [4.78, 5) is 59.9. The number of benzene rings is 2. The molecular formula is C40H49N5O6. The van der Waals surface area contributed by atoms with Crippen molar-refractivity contribution in [3.63, 3.8) is 0 Å². The topological polar surface area (TPSA) is 153 Å². The van der Waals surface area contributed by atoms with Gasteiger partial charge >= 0.3 is 6.09 Å². The van der Waals surface area contributed by atoms with Gasteiger partial charge in [0.05, 0.1) is 24.4 Å². The monoisotopic (exact) mass is 695 g/mol. The van der Waals surface area contributed by atoms with Crippen LogP contribution in [0, 0.1) is 0 Å². The molecule has 5 rings (SSSR count). The molecule has 3 atom stereocenters. The minimum atomic E-state index is -1.03. The second-order valence-corrected chi connectivity index (χ2v) is 13.3. The van der Waals surface area contributed by atoms with Gasteiger partial charge in [-0.3, -0.25) is 14.4 Å². The third-order valence-corrected chi connectivity index (χ3v) is 9.52. The number of amides is 4. The number of fused-ring (bicyclic) bond motifs is 3. The summed E-state index contributed by atoms with van der Waals surface area (Å²) >= 11 is 0. The first kappa shape index (κ1) is 37.1. The largest absolute Gasteiger partial charge is 0.488 e. The van der Waals surface area contributed by atoms with Gasteiger partial charge in [0.2, 0.25) is 11.8 Å². The zero-order chi connectivity index (χ0) is 36.3. The van der Waals surface area contributed by atoms with E-state index in [1.165, 1.54) is 16.5 Å². The van der Waals surface area contributed by atoms with E-state index >= 15 is 0 Å². The maximum absolute atomic E-state index is 14.3. The number of pyridine rings is 1. The van der Waals surface area contributed by atoms with Crippen LogP contribution in [0.5, 0.6) is 5.75 Å². The highest BCUT2D eigenvalue weighted by Crippen LogP contribution is 2.34. The van der Waals surface area contributed by atoms with E-state index in [1.807, 2.05) is 49.4 Å². The fourth-order valence-electron chi connectivity index (χ4n) is 6.65. The summed E-state index contributed by atoms with van der Waals surface area (Å²) in [6, 6.07) is 16.0. The number of carbonyl (C=O) groups is 4. The number of nitrogens with two attached hydrogens (primary N) is 1. The molecule has 11 nitrogen and oxygen atoms in total. The maximum Gasteiger partial charge on any atom is 0.407 e. The molecule has 1 unspecified atom stereocenters. The molecule has 0 radical (unpaired) electrons. The number of aromatic nitrogens is 1. The highest BCUT2D eigenvalue weighted by molar-refractivity contribution is 6.00. The number of unbranched alkanes of at least 4 members (excludes halogenated alkanes) is 1. The highest BCUT2D eigenvalue weighted by atomic mass is 16.5. The van der Waals surface area contributed by atoms with E-state index in [9.17, 15) is 19.2 Å². The zero-order valence-electron chi connectivity index (χ0n) is 29.6. The van der Waals surface area contributed by atoms with Crippen molar-refractivity contribution in [3.05, 3.63) is 84.1 Å². The molecule has 2 aliphatic rings. The molecule has 0 saturated carbocycles. The van der Waals surface area contributed by atoms with Crippen molar-refractivity contribution in [1.82, 2.24) is 20.5 Å². The van der Waals surface area contributed by atoms with Crippen LogP contribution in [-0.2, 0) is 25.5 Å². The lowest BCUT2D eigenvalue weighted by Gasteiger charge is -2.28. The quantitative estimate of drug-likeness (QED) is 0.190. The van der Waals surface area contributed by atoms with E-state index in [1.54, 1.807) is 6.92 Å². The number of cyclic esters (lactones) is 1. The van der Waals surface area contributed by atoms with Crippen LogP contribution in [0.15, 0.2) is 78.5 Å². The van der Waals surface area contributed by atoms with Crippen LogP contribution in [0.4, 0.5) is 4.79 Å². The Morgan fingerprint density at radius 2 is 1.84 bits per heavy atom. The molecular weight excluding hydrogens is 646 g/mol. The van der Waals surface area contributed by atoms with Crippen LogP contribution in [-0.4, -0.2) is 65.0 Å². The number of hydrogen-bond acceptors (Lipinski definition) is 7. The number of allylic oxidation sites excluding steroid dienone is 2. The van der Waals surface area contributed by atoms with Gasteiger partial charge in [0.15, 0.2) is 0 Å². The van der Waals surface area contributed by atoms with Crippen molar-refractivity contribution in [1.29, 1.82) is 0 Å². The van der Waals surface area contributed by atoms with Gasteiger partial charge in [-0.1, -0.05) is 88.1 Å².